The van der Waals surface area contributed by atoms with Gasteiger partial charge in [0.25, 0.3) is 0 Å². The Morgan fingerprint density at radius 3 is 2.00 bits per heavy atom. The van der Waals surface area contributed by atoms with Gasteiger partial charge >= 0.3 is 10.4 Å². The highest BCUT2D eigenvalue weighted by atomic mass is 32.3. The van der Waals surface area contributed by atoms with Gasteiger partial charge in [0.1, 0.15) is 18.3 Å². The van der Waals surface area contributed by atoms with Crippen LogP contribution in [0.5, 0.6) is 0 Å². The summed E-state index contributed by atoms with van der Waals surface area (Å²) in [6, 6.07) is 0. The molecule has 4 N–H and O–H groups in total. The van der Waals surface area contributed by atoms with Crippen LogP contribution in [0.4, 0.5) is 0 Å². The van der Waals surface area contributed by atoms with Crippen molar-refractivity contribution in [1.82, 2.24) is 0 Å². The molecule has 0 fully saturated rings. The first-order valence-electron chi connectivity index (χ1n) is 3.84. The molecule has 9 heteroatoms. The molecule has 0 unspecified atom stereocenters. The van der Waals surface area contributed by atoms with Crippen LogP contribution in [0.2, 0.25) is 0 Å². The zero-order valence-electron chi connectivity index (χ0n) is 7.72. The molecule has 90 valence electrons. The number of hydrogen-bond donors (Lipinski definition) is 4. The molecule has 0 aromatic rings. The Bertz CT molecular complexity index is 296. The fraction of sp³-hybridized carbons (Fsp3) is 0.833. The summed E-state index contributed by atoms with van der Waals surface area (Å²) in [5, 5.41) is 27.0. The van der Waals surface area contributed by atoms with Crippen LogP contribution in [-0.2, 0) is 19.4 Å². The van der Waals surface area contributed by atoms with E-state index in [0.29, 0.717) is 0 Å². The lowest BCUT2D eigenvalue weighted by Crippen LogP contribution is -2.46. The van der Waals surface area contributed by atoms with Crippen LogP contribution in [0.25, 0.3) is 0 Å². The monoisotopic (exact) mass is 244 g/mol. The third kappa shape index (κ3) is 5.16. The van der Waals surface area contributed by atoms with Gasteiger partial charge in [0, 0.05) is 0 Å². The van der Waals surface area contributed by atoms with Crippen LogP contribution < -0.4 is 0 Å². The Hall–Kier alpha value is -0.580. The van der Waals surface area contributed by atoms with Gasteiger partial charge in [0.2, 0.25) is 0 Å². The lowest BCUT2D eigenvalue weighted by molar-refractivity contribution is -0.129. The van der Waals surface area contributed by atoms with Crippen molar-refractivity contribution in [3.05, 3.63) is 0 Å². The topological polar surface area (TPSA) is 141 Å². The van der Waals surface area contributed by atoms with Crippen LogP contribution in [0.3, 0.4) is 0 Å². The van der Waals surface area contributed by atoms with Crippen molar-refractivity contribution < 1.29 is 37.3 Å². The van der Waals surface area contributed by atoms with E-state index in [1.807, 2.05) is 0 Å². The van der Waals surface area contributed by atoms with Crippen molar-refractivity contribution in [2.75, 3.05) is 0 Å². The lowest BCUT2D eigenvalue weighted by Gasteiger charge is -2.24. The predicted octanol–water partition coefficient (Wildman–Crippen LogP) is -2.52. The Labute approximate surface area is 86.1 Å². The standard InChI is InChI=1S/C6H12O8S/c1-3(8)6(14-15(11,12)13)5(10)4(9)2-7/h2-6,8-10H,1H3,(H,11,12,13)/t3-,4+,5-,6+/m0/s1. The van der Waals surface area contributed by atoms with Crippen LogP contribution >= 0.6 is 0 Å². The van der Waals surface area contributed by atoms with Gasteiger partial charge in [0.05, 0.1) is 6.10 Å². The van der Waals surface area contributed by atoms with Crippen LogP contribution in [0.15, 0.2) is 0 Å². The molecule has 4 atom stereocenters. The lowest BCUT2D eigenvalue weighted by atomic mass is 10.1. The molecule has 0 heterocycles. The van der Waals surface area contributed by atoms with Gasteiger partial charge in [-0.3, -0.25) is 4.55 Å². The molecule has 0 aromatic heterocycles. The summed E-state index contributed by atoms with van der Waals surface area (Å²) >= 11 is 0. The average Bonchev–Trinajstić information content (AvgIpc) is 2.10. The maximum absolute atomic E-state index is 10.3. The molecular formula is C6H12O8S. The van der Waals surface area contributed by atoms with Crippen molar-refractivity contribution in [2.24, 2.45) is 0 Å². The van der Waals surface area contributed by atoms with E-state index in [4.69, 9.17) is 19.9 Å². The Morgan fingerprint density at radius 2 is 1.73 bits per heavy atom. The van der Waals surface area contributed by atoms with Gasteiger partial charge in [-0.25, -0.2) is 4.18 Å². The molecule has 0 radical (unpaired) electrons. The van der Waals surface area contributed by atoms with Crippen LogP contribution in [0.1, 0.15) is 6.92 Å². The second-order valence-corrected chi connectivity index (χ2v) is 3.89. The SMILES string of the molecule is C[C@H](O)[C@@H](OS(=O)(=O)O)[C@@H](O)[C@H](O)C=O. The third-order valence-electron chi connectivity index (χ3n) is 1.53. The number of carbonyl (C=O) groups is 1. The fourth-order valence-corrected chi connectivity index (χ4v) is 1.39. The minimum absolute atomic E-state index is 0.0621. The summed E-state index contributed by atoms with van der Waals surface area (Å²) in [5.41, 5.74) is 0. The van der Waals surface area contributed by atoms with E-state index in [-0.39, 0.29) is 6.29 Å². The van der Waals surface area contributed by atoms with Gasteiger partial charge in [0.15, 0.2) is 6.29 Å². The van der Waals surface area contributed by atoms with Crippen molar-refractivity contribution >= 4 is 16.7 Å². The van der Waals surface area contributed by atoms with E-state index in [9.17, 15) is 13.2 Å². The molecule has 0 spiro atoms. The van der Waals surface area contributed by atoms with Gasteiger partial charge in [-0.15, -0.1) is 0 Å². The fourth-order valence-electron chi connectivity index (χ4n) is 0.838. The van der Waals surface area contributed by atoms with Gasteiger partial charge < -0.3 is 20.1 Å². The minimum atomic E-state index is -4.90. The summed E-state index contributed by atoms with van der Waals surface area (Å²) < 4.78 is 32.8. The van der Waals surface area contributed by atoms with E-state index in [2.05, 4.69) is 4.18 Å². The molecule has 0 aliphatic rings. The maximum atomic E-state index is 10.3. The first-order valence-corrected chi connectivity index (χ1v) is 5.20. The summed E-state index contributed by atoms with van der Waals surface area (Å²) in [6.07, 6.45) is -7.31. The van der Waals surface area contributed by atoms with E-state index < -0.39 is 34.8 Å². The highest BCUT2D eigenvalue weighted by Gasteiger charge is 2.34. The molecule has 0 bridgehead atoms. The maximum Gasteiger partial charge on any atom is 0.397 e. The molecule has 0 aliphatic heterocycles. The third-order valence-corrected chi connectivity index (χ3v) is 2.00. The average molecular weight is 244 g/mol. The van der Waals surface area contributed by atoms with E-state index in [0.717, 1.165) is 6.92 Å². The number of rotatable bonds is 6. The van der Waals surface area contributed by atoms with Crippen molar-refractivity contribution in [3.8, 4) is 0 Å². The highest BCUT2D eigenvalue weighted by molar-refractivity contribution is 7.80. The molecule has 0 aromatic carbocycles. The number of aliphatic hydroxyl groups excluding tert-OH is 3. The smallest absolute Gasteiger partial charge is 0.391 e. The second-order valence-electron chi connectivity index (χ2n) is 2.85. The number of aldehydes is 1. The normalized spacial score (nSPS) is 20.3. The zero-order valence-corrected chi connectivity index (χ0v) is 8.53. The van der Waals surface area contributed by atoms with Crippen molar-refractivity contribution in [3.63, 3.8) is 0 Å². The molecule has 0 saturated heterocycles. The molecule has 0 amide bonds. The Kier molecular flexibility index (Phi) is 5.28. The summed E-state index contributed by atoms with van der Waals surface area (Å²) in [7, 11) is -4.90. The predicted molar refractivity (Wildman–Crippen MR) is 46.2 cm³/mol. The minimum Gasteiger partial charge on any atom is -0.391 e. The second kappa shape index (κ2) is 5.49. The zero-order chi connectivity index (χ0) is 12.2. The molecule has 0 rings (SSSR count). The van der Waals surface area contributed by atoms with E-state index >= 15 is 0 Å². The first-order chi connectivity index (χ1) is 6.69. The van der Waals surface area contributed by atoms with Crippen molar-refractivity contribution in [2.45, 2.75) is 31.3 Å². The largest absolute Gasteiger partial charge is 0.397 e. The number of aliphatic hydroxyl groups is 3. The first kappa shape index (κ1) is 14.4. The van der Waals surface area contributed by atoms with Gasteiger partial charge in [-0.2, -0.15) is 8.42 Å². The highest BCUT2D eigenvalue weighted by Crippen LogP contribution is 2.11. The number of hydrogen-bond acceptors (Lipinski definition) is 7. The van der Waals surface area contributed by atoms with E-state index in [1.165, 1.54) is 0 Å². The molecular weight excluding hydrogens is 232 g/mol. The summed E-state index contributed by atoms with van der Waals surface area (Å²) in [4.78, 5) is 10.1. The summed E-state index contributed by atoms with van der Waals surface area (Å²) in [5.74, 6) is 0. The molecule has 15 heavy (non-hydrogen) atoms. The van der Waals surface area contributed by atoms with Crippen molar-refractivity contribution in [1.29, 1.82) is 0 Å². The Morgan fingerprint density at radius 1 is 1.27 bits per heavy atom. The van der Waals surface area contributed by atoms with Gasteiger partial charge in [-0.1, -0.05) is 0 Å². The quantitative estimate of drug-likeness (QED) is 0.296. The molecule has 0 aliphatic carbocycles. The number of carbonyl (C=O) groups excluding carboxylic acids is 1. The molecule has 0 saturated carbocycles. The van der Waals surface area contributed by atoms with E-state index in [1.54, 1.807) is 0 Å². The van der Waals surface area contributed by atoms with Crippen LogP contribution in [-0.4, -0.2) is 59.0 Å². The molecule has 8 nitrogen and oxygen atoms in total. The summed E-state index contributed by atoms with van der Waals surface area (Å²) in [6.45, 7) is 1.05. The van der Waals surface area contributed by atoms with Crippen LogP contribution in [0, 0.1) is 0 Å². The van der Waals surface area contributed by atoms with Gasteiger partial charge in [-0.05, 0) is 6.92 Å². The Balaban J connectivity index is 4.74.